The Kier molecular flexibility index (Phi) is 4.95. The van der Waals surface area contributed by atoms with Crippen LogP contribution in [0, 0.1) is 25.7 Å². The molecule has 0 aliphatic carbocycles. The Morgan fingerprint density at radius 3 is 2.04 bits per heavy atom. The minimum Gasteiger partial charge on any atom is -0.444 e. The van der Waals surface area contributed by atoms with Crippen LogP contribution in [0.15, 0.2) is 12.1 Å². The molecule has 2 fully saturated rings. The smallest absolute Gasteiger partial charge is 0.410 e. The largest absolute Gasteiger partial charge is 0.444 e. The van der Waals surface area contributed by atoms with E-state index in [1.54, 1.807) is 4.90 Å². The van der Waals surface area contributed by atoms with Gasteiger partial charge in [0.2, 0.25) is 0 Å². The summed E-state index contributed by atoms with van der Waals surface area (Å²) < 4.78 is 5.46. The second-order valence-corrected chi connectivity index (χ2v) is 8.94. The normalized spacial score (nSPS) is 22.5. The molecule has 1 aromatic rings. The van der Waals surface area contributed by atoms with E-state index in [9.17, 15) is 9.59 Å². The van der Waals surface area contributed by atoms with Crippen molar-refractivity contribution in [1.82, 2.24) is 9.80 Å². The molecule has 0 unspecified atom stereocenters. The SMILES string of the molecule is Cc1cc(Cl)c(C(=O)N2C[C@H]3CN(C(=O)OC(C)(C)C)C[C@H]3C2)cc1C. The van der Waals surface area contributed by atoms with E-state index in [0.29, 0.717) is 48.6 Å². The minimum absolute atomic E-state index is 0.0173. The van der Waals surface area contributed by atoms with Crippen LogP contribution in [0.1, 0.15) is 42.3 Å². The molecule has 2 saturated heterocycles. The van der Waals surface area contributed by atoms with Gasteiger partial charge < -0.3 is 14.5 Å². The highest BCUT2D eigenvalue weighted by molar-refractivity contribution is 6.34. The van der Waals surface area contributed by atoms with Crippen molar-refractivity contribution in [2.24, 2.45) is 11.8 Å². The van der Waals surface area contributed by atoms with Crippen molar-refractivity contribution in [3.8, 4) is 0 Å². The quantitative estimate of drug-likeness (QED) is 0.744. The molecule has 142 valence electrons. The third-order valence-corrected chi connectivity index (χ3v) is 5.55. The van der Waals surface area contributed by atoms with Gasteiger partial charge >= 0.3 is 6.09 Å². The molecular formula is C20H27ClN2O3. The van der Waals surface area contributed by atoms with Crippen molar-refractivity contribution in [1.29, 1.82) is 0 Å². The van der Waals surface area contributed by atoms with Gasteiger partial charge in [-0.1, -0.05) is 11.6 Å². The molecule has 2 amide bonds. The molecule has 6 heteroatoms. The summed E-state index contributed by atoms with van der Waals surface area (Å²) in [6.45, 7) is 12.2. The molecule has 2 heterocycles. The summed E-state index contributed by atoms with van der Waals surface area (Å²) in [5.74, 6) is 0.588. The van der Waals surface area contributed by atoms with Crippen LogP contribution >= 0.6 is 11.6 Å². The number of ether oxygens (including phenoxy) is 1. The zero-order valence-corrected chi connectivity index (χ0v) is 16.9. The molecule has 3 rings (SSSR count). The molecule has 0 radical (unpaired) electrons. The van der Waals surface area contributed by atoms with Crippen molar-refractivity contribution in [2.45, 2.75) is 40.2 Å². The monoisotopic (exact) mass is 378 g/mol. The molecule has 1 aromatic carbocycles. The van der Waals surface area contributed by atoms with Gasteiger partial charge in [-0.2, -0.15) is 0 Å². The number of hydrogen-bond acceptors (Lipinski definition) is 3. The number of likely N-dealkylation sites (tertiary alicyclic amines) is 2. The maximum atomic E-state index is 12.9. The first kappa shape index (κ1) is 19.0. The lowest BCUT2D eigenvalue weighted by molar-refractivity contribution is 0.0275. The Hall–Kier alpha value is -1.75. The molecule has 0 saturated carbocycles. The lowest BCUT2D eigenvalue weighted by Gasteiger charge is -2.26. The van der Waals surface area contributed by atoms with E-state index in [0.717, 1.165) is 11.1 Å². The van der Waals surface area contributed by atoms with Gasteiger partial charge in [-0.05, 0) is 57.9 Å². The van der Waals surface area contributed by atoms with E-state index >= 15 is 0 Å². The van der Waals surface area contributed by atoms with Crippen LogP contribution in [0.3, 0.4) is 0 Å². The van der Waals surface area contributed by atoms with E-state index in [2.05, 4.69) is 0 Å². The van der Waals surface area contributed by atoms with E-state index < -0.39 is 5.60 Å². The fourth-order valence-corrected chi connectivity index (χ4v) is 4.05. The van der Waals surface area contributed by atoms with Crippen LogP contribution in [0.25, 0.3) is 0 Å². The molecule has 5 nitrogen and oxygen atoms in total. The first-order chi connectivity index (χ1) is 12.0. The highest BCUT2D eigenvalue weighted by atomic mass is 35.5. The van der Waals surface area contributed by atoms with Crippen molar-refractivity contribution >= 4 is 23.6 Å². The van der Waals surface area contributed by atoms with Crippen LogP contribution in [0.4, 0.5) is 4.79 Å². The first-order valence-electron chi connectivity index (χ1n) is 9.09. The molecule has 0 bridgehead atoms. The van der Waals surface area contributed by atoms with Gasteiger partial charge in [0.1, 0.15) is 5.60 Å². The molecule has 2 aliphatic heterocycles. The number of aryl methyl sites for hydroxylation is 2. The van der Waals surface area contributed by atoms with E-state index in [1.165, 1.54) is 0 Å². The first-order valence-corrected chi connectivity index (χ1v) is 9.47. The standard InChI is InChI=1S/C20H27ClN2O3/c1-12-6-16(17(21)7-13(12)2)18(24)22-8-14-10-23(11-15(14)9-22)19(25)26-20(3,4)5/h6-7,14-15H,8-11H2,1-5H3/t14-,15+. The number of halogens is 1. The fraction of sp³-hybridized carbons (Fsp3) is 0.600. The van der Waals surface area contributed by atoms with Gasteiger partial charge in [-0.3, -0.25) is 4.79 Å². The number of carbonyl (C=O) groups excluding carboxylic acids is 2. The molecule has 0 spiro atoms. The predicted octanol–water partition coefficient (Wildman–Crippen LogP) is 3.90. The lowest BCUT2D eigenvalue weighted by atomic mass is 10.0. The number of rotatable bonds is 1. The summed E-state index contributed by atoms with van der Waals surface area (Å²) >= 11 is 6.30. The molecule has 2 atom stereocenters. The van der Waals surface area contributed by atoms with Gasteiger partial charge in [0.15, 0.2) is 0 Å². The number of fused-ring (bicyclic) bond motifs is 1. The summed E-state index contributed by atoms with van der Waals surface area (Å²) in [6, 6.07) is 3.73. The minimum atomic E-state index is -0.489. The average Bonchev–Trinajstić information content (AvgIpc) is 3.07. The van der Waals surface area contributed by atoms with Crippen molar-refractivity contribution in [3.05, 3.63) is 33.8 Å². The van der Waals surface area contributed by atoms with Crippen LogP contribution in [-0.4, -0.2) is 53.6 Å². The second-order valence-electron chi connectivity index (χ2n) is 8.53. The zero-order chi connectivity index (χ0) is 19.2. The fourth-order valence-electron chi connectivity index (χ4n) is 3.75. The Balaban J connectivity index is 1.64. The predicted molar refractivity (Wildman–Crippen MR) is 102 cm³/mol. The van der Waals surface area contributed by atoms with Crippen molar-refractivity contribution in [3.63, 3.8) is 0 Å². The van der Waals surface area contributed by atoms with Gasteiger partial charge in [-0.15, -0.1) is 0 Å². The Labute approximate surface area is 160 Å². The van der Waals surface area contributed by atoms with Gasteiger partial charge in [0.25, 0.3) is 5.91 Å². The molecule has 0 aromatic heterocycles. The maximum Gasteiger partial charge on any atom is 0.410 e. The van der Waals surface area contributed by atoms with Crippen LogP contribution in [0.5, 0.6) is 0 Å². The molecule has 26 heavy (non-hydrogen) atoms. The summed E-state index contributed by atoms with van der Waals surface area (Å²) in [4.78, 5) is 28.8. The molecule has 0 N–H and O–H groups in total. The van der Waals surface area contributed by atoms with E-state index in [4.69, 9.17) is 16.3 Å². The van der Waals surface area contributed by atoms with Crippen LogP contribution < -0.4 is 0 Å². The summed E-state index contributed by atoms with van der Waals surface area (Å²) in [5.41, 5.74) is 2.22. The van der Waals surface area contributed by atoms with Gasteiger partial charge in [-0.25, -0.2) is 4.79 Å². The number of benzene rings is 1. The molecular weight excluding hydrogens is 352 g/mol. The number of hydrogen-bond donors (Lipinski definition) is 0. The van der Waals surface area contributed by atoms with Crippen molar-refractivity contribution < 1.29 is 14.3 Å². The zero-order valence-electron chi connectivity index (χ0n) is 16.1. The van der Waals surface area contributed by atoms with Crippen molar-refractivity contribution in [2.75, 3.05) is 26.2 Å². The third kappa shape index (κ3) is 3.83. The van der Waals surface area contributed by atoms with Crippen LogP contribution in [-0.2, 0) is 4.74 Å². The lowest BCUT2D eigenvalue weighted by Crippen LogP contribution is -2.38. The van der Waals surface area contributed by atoms with E-state index in [1.807, 2.05) is 51.7 Å². The topological polar surface area (TPSA) is 49.9 Å². The highest BCUT2D eigenvalue weighted by Gasteiger charge is 2.44. The van der Waals surface area contributed by atoms with Gasteiger partial charge in [0.05, 0.1) is 10.6 Å². The molecule has 2 aliphatic rings. The van der Waals surface area contributed by atoms with E-state index in [-0.39, 0.29) is 12.0 Å². The summed E-state index contributed by atoms with van der Waals surface area (Å²) in [6.07, 6.45) is -0.262. The Morgan fingerprint density at radius 2 is 1.50 bits per heavy atom. The van der Waals surface area contributed by atoms with Gasteiger partial charge in [0, 0.05) is 38.0 Å². The Bertz CT molecular complexity index is 727. The Morgan fingerprint density at radius 1 is 1.00 bits per heavy atom. The number of nitrogens with zero attached hydrogens (tertiary/aromatic N) is 2. The number of carbonyl (C=O) groups is 2. The number of amides is 2. The average molecular weight is 379 g/mol. The maximum absolute atomic E-state index is 12.9. The summed E-state index contributed by atoms with van der Waals surface area (Å²) in [7, 11) is 0. The second kappa shape index (κ2) is 6.76. The van der Waals surface area contributed by atoms with Crippen LogP contribution in [0.2, 0.25) is 5.02 Å². The highest BCUT2D eigenvalue weighted by Crippen LogP contribution is 2.33. The third-order valence-electron chi connectivity index (χ3n) is 5.24. The summed E-state index contributed by atoms with van der Waals surface area (Å²) in [5, 5.41) is 0.505.